The van der Waals surface area contributed by atoms with Gasteiger partial charge in [0.15, 0.2) is 0 Å². The SMILES string of the molecule is CCc1ccc2ccc(/C=C/C(C)(C)C(=O)NC(C(=O)NC(COC(F)F)C(=O)N3CCCC(C(=O)O)N3)C(C)C)cc2n1. The van der Waals surface area contributed by atoms with Gasteiger partial charge in [0.1, 0.15) is 18.1 Å². The number of aliphatic carboxylic acids is 1. The van der Waals surface area contributed by atoms with E-state index in [1.807, 2.05) is 37.3 Å². The Labute approximate surface area is 255 Å². The van der Waals surface area contributed by atoms with E-state index < -0.39 is 66.4 Å². The number of halogens is 2. The van der Waals surface area contributed by atoms with Gasteiger partial charge in [-0.3, -0.25) is 29.2 Å². The smallest absolute Gasteiger partial charge is 0.345 e. The van der Waals surface area contributed by atoms with Gasteiger partial charge < -0.3 is 20.5 Å². The van der Waals surface area contributed by atoms with Crippen molar-refractivity contribution in [1.29, 1.82) is 0 Å². The Morgan fingerprint density at radius 2 is 1.89 bits per heavy atom. The summed E-state index contributed by atoms with van der Waals surface area (Å²) in [6, 6.07) is 6.07. The first-order chi connectivity index (χ1) is 20.7. The van der Waals surface area contributed by atoms with Crippen LogP contribution in [0.4, 0.5) is 8.78 Å². The number of carboxylic acids is 1. The number of carbonyl (C=O) groups is 4. The van der Waals surface area contributed by atoms with Crippen molar-refractivity contribution in [1.82, 2.24) is 26.1 Å². The third-order valence-electron chi connectivity index (χ3n) is 7.40. The van der Waals surface area contributed by atoms with Crippen LogP contribution in [0.3, 0.4) is 0 Å². The summed E-state index contributed by atoms with van der Waals surface area (Å²) in [5.41, 5.74) is 4.14. The van der Waals surface area contributed by atoms with Gasteiger partial charge in [0, 0.05) is 17.6 Å². The minimum atomic E-state index is -3.21. The Morgan fingerprint density at radius 3 is 2.52 bits per heavy atom. The van der Waals surface area contributed by atoms with Crippen LogP contribution in [-0.2, 0) is 30.3 Å². The second-order valence-electron chi connectivity index (χ2n) is 11.7. The van der Waals surface area contributed by atoms with Crippen molar-refractivity contribution in [3.05, 3.63) is 47.7 Å². The summed E-state index contributed by atoms with van der Waals surface area (Å²) in [4.78, 5) is 55.9. The average molecular weight is 618 g/mol. The lowest BCUT2D eigenvalue weighted by molar-refractivity contribution is -0.157. The standard InChI is InChI=1S/C31H41F2N5O6/c1-6-21-12-11-20-10-9-19(16-23(20)34-21)13-14-31(4,5)29(43)36-25(18(2)3)26(39)35-24(17-44-30(32)33)27(40)38-15-7-8-22(37-38)28(41)42/h9-14,16,18,22,24-25,30,37H,6-8,15,17H2,1-5H3,(H,35,39)(H,36,43)(H,41,42)/b14-13+. The van der Waals surface area contributed by atoms with E-state index in [1.165, 1.54) is 0 Å². The highest BCUT2D eigenvalue weighted by Crippen LogP contribution is 2.22. The fourth-order valence-electron chi connectivity index (χ4n) is 4.64. The Balaban J connectivity index is 1.73. The molecular weight excluding hydrogens is 576 g/mol. The maximum absolute atomic E-state index is 13.4. The second kappa shape index (κ2) is 15.2. The lowest BCUT2D eigenvalue weighted by Gasteiger charge is -2.35. The molecule has 1 aliphatic heterocycles. The minimum absolute atomic E-state index is 0.113. The zero-order valence-corrected chi connectivity index (χ0v) is 25.6. The van der Waals surface area contributed by atoms with E-state index in [1.54, 1.807) is 39.8 Å². The maximum Gasteiger partial charge on any atom is 0.345 e. The first-order valence-electron chi connectivity index (χ1n) is 14.6. The summed E-state index contributed by atoms with van der Waals surface area (Å²) in [5, 5.41) is 16.4. The van der Waals surface area contributed by atoms with Crippen LogP contribution in [0.25, 0.3) is 17.0 Å². The van der Waals surface area contributed by atoms with Crippen LogP contribution >= 0.6 is 0 Å². The first kappa shape index (κ1) is 34.5. The van der Waals surface area contributed by atoms with E-state index in [0.29, 0.717) is 6.42 Å². The van der Waals surface area contributed by atoms with Crippen LogP contribution in [0.15, 0.2) is 36.4 Å². The third kappa shape index (κ3) is 9.26. The maximum atomic E-state index is 13.4. The van der Waals surface area contributed by atoms with Crippen LogP contribution in [0.1, 0.15) is 58.7 Å². The molecule has 3 unspecified atom stereocenters. The lowest BCUT2D eigenvalue weighted by Crippen LogP contribution is -2.62. The van der Waals surface area contributed by atoms with Crippen molar-refractivity contribution in [2.45, 2.75) is 78.6 Å². The molecule has 1 aliphatic rings. The van der Waals surface area contributed by atoms with E-state index in [-0.39, 0.29) is 13.0 Å². The number of ether oxygens (including phenoxy) is 1. The number of carboxylic acid groups (broad SMARTS) is 1. The molecule has 0 aliphatic carbocycles. The molecule has 0 radical (unpaired) electrons. The van der Waals surface area contributed by atoms with Gasteiger partial charge in [-0.1, -0.05) is 51.1 Å². The topological polar surface area (TPSA) is 150 Å². The largest absolute Gasteiger partial charge is 0.480 e. The first-order valence-corrected chi connectivity index (χ1v) is 14.6. The van der Waals surface area contributed by atoms with Gasteiger partial charge in [-0.25, -0.2) is 5.43 Å². The number of aromatic nitrogens is 1. The normalized spacial score (nSPS) is 17.2. The zero-order chi connectivity index (χ0) is 32.6. The van der Waals surface area contributed by atoms with Crippen molar-refractivity contribution in [3.8, 4) is 0 Å². The number of aryl methyl sites for hydroxylation is 1. The summed E-state index contributed by atoms with van der Waals surface area (Å²) in [6.07, 6.45) is 4.95. The minimum Gasteiger partial charge on any atom is -0.480 e. The molecule has 1 fully saturated rings. The third-order valence-corrected chi connectivity index (χ3v) is 7.40. The van der Waals surface area contributed by atoms with Crippen LogP contribution in [0.5, 0.6) is 0 Å². The molecule has 0 bridgehead atoms. The number of hydrogen-bond donors (Lipinski definition) is 4. The predicted molar refractivity (Wildman–Crippen MR) is 160 cm³/mol. The monoisotopic (exact) mass is 617 g/mol. The predicted octanol–water partition coefficient (Wildman–Crippen LogP) is 3.28. The number of hydrogen-bond acceptors (Lipinski definition) is 7. The van der Waals surface area contributed by atoms with Crippen molar-refractivity contribution < 1.29 is 37.8 Å². The van der Waals surface area contributed by atoms with Gasteiger partial charge in [0.25, 0.3) is 5.91 Å². The number of rotatable bonds is 13. The zero-order valence-electron chi connectivity index (χ0n) is 25.6. The molecule has 0 spiro atoms. The second-order valence-corrected chi connectivity index (χ2v) is 11.7. The Bertz CT molecular complexity index is 1380. The van der Waals surface area contributed by atoms with E-state index in [4.69, 9.17) is 0 Å². The lowest BCUT2D eigenvalue weighted by atomic mass is 9.89. The molecule has 240 valence electrons. The summed E-state index contributed by atoms with van der Waals surface area (Å²) in [7, 11) is 0. The van der Waals surface area contributed by atoms with Crippen molar-refractivity contribution in [2.24, 2.45) is 11.3 Å². The summed E-state index contributed by atoms with van der Waals surface area (Å²) >= 11 is 0. The van der Waals surface area contributed by atoms with E-state index in [9.17, 15) is 33.1 Å². The number of pyridine rings is 1. The summed E-state index contributed by atoms with van der Waals surface area (Å²) in [6.45, 7) is 4.84. The number of benzene rings is 1. The number of hydrazine groups is 1. The van der Waals surface area contributed by atoms with Gasteiger partial charge in [-0.15, -0.1) is 0 Å². The van der Waals surface area contributed by atoms with E-state index in [2.05, 4.69) is 25.8 Å². The molecule has 2 heterocycles. The Kier molecular flexibility index (Phi) is 11.9. The van der Waals surface area contributed by atoms with Crippen molar-refractivity contribution in [2.75, 3.05) is 13.2 Å². The molecule has 1 aromatic heterocycles. The van der Waals surface area contributed by atoms with Crippen LogP contribution in [-0.4, -0.2) is 76.7 Å². The molecule has 13 heteroatoms. The van der Waals surface area contributed by atoms with Crippen molar-refractivity contribution in [3.63, 3.8) is 0 Å². The molecule has 3 rings (SSSR count). The highest BCUT2D eigenvalue weighted by Gasteiger charge is 2.36. The number of alkyl halides is 2. The molecule has 1 saturated heterocycles. The molecular formula is C31H41F2N5O6. The van der Waals surface area contributed by atoms with E-state index >= 15 is 0 Å². The van der Waals surface area contributed by atoms with Crippen LogP contribution < -0.4 is 16.1 Å². The van der Waals surface area contributed by atoms with E-state index in [0.717, 1.165) is 33.6 Å². The van der Waals surface area contributed by atoms with Gasteiger partial charge in [-0.05, 0) is 56.7 Å². The Hall–Kier alpha value is -3.97. The summed E-state index contributed by atoms with van der Waals surface area (Å²) < 4.78 is 30.1. The molecule has 0 saturated carbocycles. The highest BCUT2D eigenvalue weighted by atomic mass is 19.3. The number of fused-ring (bicyclic) bond motifs is 1. The average Bonchev–Trinajstić information content (AvgIpc) is 2.99. The number of nitrogens with one attached hydrogen (secondary N) is 3. The quantitative estimate of drug-likeness (QED) is 0.268. The van der Waals surface area contributed by atoms with Crippen molar-refractivity contribution >= 4 is 40.7 Å². The molecule has 4 N–H and O–H groups in total. The van der Waals surface area contributed by atoms with Gasteiger partial charge in [0.2, 0.25) is 11.8 Å². The highest BCUT2D eigenvalue weighted by molar-refractivity contribution is 5.94. The fourth-order valence-corrected chi connectivity index (χ4v) is 4.64. The fraction of sp³-hybridized carbons (Fsp3) is 0.516. The van der Waals surface area contributed by atoms with Crippen LogP contribution in [0, 0.1) is 11.3 Å². The Morgan fingerprint density at radius 1 is 1.18 bits per heavy atom. The number of carbonyl (C=O) groups excluding carboxylic acids is 3. The molecule has 2 aromatic rings. The summed E-state index contributed by atoms with van der Waals surface area (Å²) in [5.74, 6) is -3.69. The van der Waals surface area contributed by atoms with Crippen LogP contribution in [0.2, 0.25) is 0 Å². The van der Waals surface area contributed by atoms with Gasteiger partial charge in [-0.2, -0.15) is 8.78 Å². The number of amides is 3. The molecule has 11 nitrogen and oxygen atoms in total. The molecule has 44 heavy (non-hydrogen) atoms. The van der Waals surface area contributed by atoms with Gasteiger partial charge >= 0.3 is 12.6 Å². The molecule has 1 aromatic carbocycles. The number of nitrogens with zero attached hydrogens (tertiary/aromatic N) is 2. The molecule has 3 amide bonds. The van der Waals surface area contributed by atoms with Gasteiger partial charge in [0.05, 0.1) is 17.5 Å². The molecule has 3 atom stereocenters.